The van der Waals surface area contributed by atoms with Gasteiger partial charge in [-0.05, 0) is 44.4 Å². The molecule has 1 unspecified atom stereocenters. The summed E-state index contributed by atoms with van der Waals surface area (Å²) in [5.41, 5.74) is 2.11. The van der Waals surface area contributed by atoms with Crippen molar-refractivity contribution in [3.05, 3.63) is 46.9 Å². The first-order chi connectivity index (χ1) is 11.6. The molecule has 7 heteroatoms. The molecule has 1 fully saturated rings. The van der Waals surface area contributed by atoms with Crippen LogP contribution in [0.4, 0.5) is 0 Å². The van der Waals surface area contributed by atoms with Gasteiger partial charge >= 0.3 is 0 Å². The van der Waals surface area contributed by atoms with Crippen molar-refractivity contribution in [1.29, 1.82) is 0 Å². The van der Waals surface area contributed by atoms with E-state index in [0.717, 1.165) is 36.1 Å². The largest absolute Gasteiger partial charge is 0.448 e. The zero-order chi connectivity index (χ0) is 16.7. The highest BCUT2D eigenvalue weighted by atomic mass is 35.5. The quantitative estimate of drug-likeness (QED) is 0.765. The number of nitrogens with one attached hydrogen (secondary N) is 1. The number of likely N-dealkylation sites (tertiary alicyclic amines) is 1. The molecule has 124 valence electrons. The predicted octanol–water partition coefficient (Wildman–Crippen LogP) is 3.88. The van der Waals surface area contributed by atoms with Crippen molar-refractivity contribution in [2.45, 2.75) is 32.2 Å². The Morgan fingerprint density at radius 1 is 1.42 bits per heavy atom. The van der Waals surface area contributed by atoms with Crippen molar-refractivity contribution in [2.24, 2.45) is 0 Å². The number of nitrogens with zero attached hydrogens (tertiary/aromatic N) is 3. The molecule has 3 aromatic rings. The zero-order valence-electron chi connectivity index (χ0n) is 13.3. The minimum Gasteiger partial charge on any atom is -0.448 e. The average molecular weight is 345 g/mol. The summed E-state index contributed by atoms with van der Waals surface area (Å²) in [6.45, 7) is 2.44. The third-order valence-electron chi connectivity index (χ3n) is 4.49. The summed E-state index contributed by atoms with van der Waals surface area (Å²) in [5.74, 6) is 1.23. The lowest BCUT2D eigenvalue weighted by Crippen LogP contribution is -2.39. The lowest BCUT2D eigenvalue weighted by molar-refractivity contribution is 0.0594. The molecule has 1 saturated heterocycles. The number of aromatic amines is 1. The molecule has 4 rings (SSSR count). The summed E-state index contributed by atoms with van der Waals surface area (Å²) in [5, 5.41) is 0.660. The van der Waals surface area contributed by atoms with Gasteiger partial charge in [-0.3, -0.25) is 4.79 Å². The number of benzene rings is 1. The fourth-order valence-electron chi connectivity index (χ4n) is 3.26. The molecule has 3 heterocycles. The number of carbonyl (C=O) groups excluding carboxylic acids is 1. The van der Waals surface area contributed by atoms with Gasteiger partial charge in [0.2, 0.25) is 0 Å². The van der Waals surface area contributed by atoms with Crippen molar-refractivity contribution in [3.8, 4) is 0 Å². The summed E-state index contributed by atoms with van der Waals surface area (Å²) < 4.78 is 5.18. The molecule has 1 N–H and O–H groups in total. The highest BCUT2D eigenvalue weighted by Crippen LogP contribution is 2.32. The van der Waals surface area contributed by atoms with Gasteiger partial charge in [0.15, 0.2) is 12.1 Å². The third kappa shape index (κ3) is 2.57. The van der Waals surface area contributed by atoms with Crippen LogP contribution in [0.3, 0.4) is 0 Å². The molecule has 6 nitrogen and oxygen atoms in total. The number of amides is 1. The van der Waals surface area contributed by atoms with Crippen LogP contribution >= 0.6 is 11.6 Å². The predicted molar refractivity (Wildman–Crippen MR) is 90.0 cm³/mol. The molecule has 1 atom stereocenters. The summed E-state index contributed by atoms with van der Waals surface area (Å²) in [7, 11) is 0. The smallest absolute Gasteiger partial charge is 0.276 e. The maximum Gasteiger partial charge on any atom is 0.276 e. The summed E-state index contributed by atoms with van der Waals surface area (Å²) in [6.07, 6.45) is 4.22. The van der Waals surface area contributed by atoms with E-state index < -0.39 is 0 Å². The molecule has 24 heavy (non-hydrogen) atoms. The number of aromatic nitrogens is 3. The Balaban J connectivity index is 1.70. The van der Waals surface area contributed by atoms with E-state index in [1.54, 1.807) is 6.92 Å². The monoisotopic (exact) mass is 344 g/mol. The highest BCUT2D eigenvalue weighted by Gasteiger charge is 2.32. The molecule has 0 radical (unpaired) electrons. The molecular weight excluding hydrogens is 328 g/mol. The van der Waals surface area contributed by atoms with Gasteiger partial charge in [-0.15, -0.1) is 0 Å². The van der Waals surface area contributed by atoms with E-state index in [1.165, 1.54) is 6.39 Å². The zero-order valence-corrected chi connectivity index (χ0v) is 14.0. The van der Waals surface area contributed by atoms with Gasteiger partial charge in [-0.2, -0.15) is 0 Å². The van der Waals surface area contributed by atoms with Crippen molar-refractivity contribution >= 4 is 28.5 Å². The van der Waals surface area contributed by atoms with Crippen molar-refractivity contribution in [2.75, 3.05) is 6.54 Å². The highest BCUT2D eigenvalue weighted by molar-refractivity contribution is 6.31. The van der Waals surface area contributed by atoms with E-state index in [2.05, 4.69) is 15.0 Å². The standard InChI is InChI=1S/C17H17ClN4O2/c1-10-15(19-9-24-10)17(23)22-7-3-2-4-14(22)16-20-12-6-5-11(18)8-13(12)21-16/h5-6,8-9,14H,2-4,7H2,1H3,(H,20,21). The number of H-pyrrole nitrogens is 1. The molecular formula is C17H17ClN4O2. The minimum absolute atomic E-state index is 0.0893. The van der Waals surface area contributed by atoms with E-state index in [1.807, 2.05) is 23.1 Å². The average Bonchev–Trinajstić information content (AvgIpc) is 3.19. The lowest BCUT2D eigenvalue weighted by Gasteiger charge is -2.34. The number of piperidine rings is 1. The fourth-order valence-corrected chi connectivity index (χ4v) is 3.44. The van der Waals surface area contributed by atoms with Gasteiger partial charge in [0.25, 0.3) is 5.91 Å². The van der Waals surface area contributed by atoms with Crippen molar-refractivity contribution in [3.63, 3.8) is 0 Å². The van der Waals surface area contributed by atoms with Crippen LogP contribution in [-0.4, -0.2) is 32.3 Å². The molecule has 1 aliphatic rings. The Hall–Kier alpha value is -2.34. The van der Waals surface area contributed by atoms with Crippen LogP contribution in [0.15, 0.2) is 29.0 Å². The fraction of sp³-hybridized carbons (Fsp3) is 0.353. The first kappa shape index (κ1) is 15.2. The van der Waals surface area contributed by atoms with Gasteiger partial charge in [-0.1, -0.05) is 11.6 Å². The Morgan fingerprint density at radius 3 is 3.08 bits per heavy atom. The second-order valence-electron chi connectivity index (χ2n) is 6.05. The number of imidazole rings is 1. The van der Waals surface area contributed by atoms with Crippen LogP contribution in [0.1, 0.15) is 47.4 Å². The molecule has 1 aliphatic heterocycles. The lowest BCUT2D eigenvalue weighted by atomic mass is 10.0. The van der Waals surface area contributed by atoms with Gasteiger partial charge in [0.05, 0.1) is 17.1 Å². The van der Waals surface area contributed by atoms with E-state index in [9.17, 15) is 4.79 Å². The first-order valence-corrected chi connectivity index (χ1v) is 8.37. The Morgan fingerprint density at radius 2 is 2.29 bits per heavy atom. The van der Waals surface area contributed by atoms with Gasteiger partial charge in [0.1, 0.15) is 11.6 Å². The number of oxazole rings is 1. The molecule has 1 amide bonds. The van der Waals surface area contributed by atoms with Gasteiger partial charge in [0, 0.05) is 11.6 Å². The van der Waals surface area contributed by atoms with Crippen LogP contribution in [0.5, 0.6) is 0 Å². The maximum absolute atomic E-state index is 12.9. The van der Waals surface area contributed by atoms with Crippen LogP contribution in [0.2, 0.25) is 5.02 Å². The number of aryl methyl sites for hydroxylation is 1. The number of hydrogen-bond donors (Lipinski definition) is 1. The van der Waals surface area contributed by atoms with Gasteiger partial charge < -0.3 is 14.3 Å². The molecule has 1 aromatic carbocycles. The third-order valence-corrected chi connectivity index (χ3v) is 4.72. The Labute approximate surface area is 143 Å². The Kier molecular flexibility index (Phi) is 3.76. The maximum atomic E-state index is 12.9. The van der Waals surface area contributed by atoms with Crippen molar-refractivity contribution in [1.82, 2.24) is 19.9 Å². The molecule has 0 aliphatic carbocycles. The summed E-state index contributed by atoms with van der Waals surface area (Å²) in [6, 6.07) is 5.46. The van der Waals surface area contributed by atoms with Crippen LogP contribution in [0.25, 0.3) is 11.0 Å². The van der Waals surface area contributed by atoms with Gasteiger partial charge in [-0.25, -0.2) is 9.97 Å². The summed E-state index contributed by atoms with van der Waals surface area (Å²) in [4.78, 5) is 26.8. The van der Waals surface area contributed by atoms with Crippen LogP contribution in [0, 0.1) is 6.92 Å². The number of carbonyl (C=O) groups is 1. The van der Waals surface area contributed by atoms with E-state index in [-0.39, 0.29) is 11.9 Å². The Bertz CT molecular complexity index is 901. The van der Waals surface area contributed by atoms with E-state index in [4.69, 9.17) is 16.0 Å². The normalized spacial score (nSPS) is 18.2. The molecule has 0 spiro atoms. The van der Waals surface area contributed by atoms with E-state index in [0.29, 0.717) is 23.0 Å². The topological polar surface area (TPSA) is 75.0 Å². The second-order valence-corrected chi connectivity index (χ2v) is 6.49. The van der Waals surface area contributed by atoms with Crippen LogP contribution < -0.4 is 0 Å². The molecule has 0 bridgehead atoms. The number of fused-ring (bicyclic) bond motifs is 1. The minimum atomic E-state index is -0.107. The summed E-state index contributed by atoms with van der Waals surface area (Å²) >= 11 is 6.05. The van der Waals surface area contributed by atoms with E-state index >= 15 is 0 Å². The SMILES string of the molecule is Cc1ocnc1C(=O)N1CCCCC1c1nc2ccc(Cl)cc2[nH]1. The molecule has 2 aromatic heterocycles. The first-order valence-electron chi connectivity index (χ1n) is 7.99. The molecule has 0 saturated carbocycles. The second kappa shape index (κ2) is 5.94. The number of rotatable bonds is 2. The van der Waals surface area contributed by atoms with Crippen molar-refractivity contribution < 1.29 is 9.21 Å². The van der Waals surface area contributed by atoms with Crippen LogP contribution in [-0.2, 0) is 0 Å². The number of halogens is 1. The number of hydrogen-bond acceptors (Lipinski definition) is 4.